The number of hydrogen-bond acceptors (Lipinski definition) is 8. The first-order chi connectivity index (χ1) is 18.2. The summed E-state index contributed by atoms with van der Waals surface area (Å²) in [7, 11) is 0. The fourth-order valence-corrected chi connectivity index (χ4v) is 4.34. The molecule has 200 valence electrons. The average Bonchev–Trinajstić information content (AvgIpc) is 3.60. The Hall–Kier alpha value is -2.54. The maximum Gasteiger partial charge on any atom is 0.138 e. The summed E-state index contributed by atoms with van der Waals surface area (Å²) in [6.45, 7) is 9.93. The van der Waals surface area contributed by atoms with Crippen molar-refractivity contribution in [1.29, 1.82) is 0 Å². The van der Waals surface area contributed by atoms with Crippen LogP contribution in [0.15, 0.2) is 53.5 Å². The van der Waals surface area contributed by atoms with E-state index >= 15 is 0 Å². The van der Waals surface area contributed by atoms with Crippen molar-refractivity contribution in [3.8, 4) is 5.75 Å². The second-order valence-electron chi connectivity index (χ2n) is 8.64. The van der Waals surface area contributed by atoms with Crippen molar-refractivity contribution in [3.05, 3.63) is 53.5 Å². The number of hydrogen-bond donors (Lipinski definition) is 3. The summed E-state index contributed by atoms with van der Waals surface area (Å²) in [4.78, 5) is 19.1. The zero-order chi connectivity index (χ0) is 25.7. The van der Waals surface area contributed by atoms with Crippen molar-refractivity contribution in [2.45, 2.75) is 0 Å². The fourth-order valence-electron chi connectivity index (χ4n) is 4.00. The zero-order valence-corrected chi connectivity index (χ0v) is 22.5. The third kappa shape index (κ3) is 9.06. The maximum absolute atomic E-state index is 8.54. The van der Waals surface area contributed by atoms with Crippen LogP contribution < -0.4 is 4.74 Å². The van der Waals surface area contributed by atoms with E-state index in [0.717, 1.165) is 98.0 Å². The molecule has 0 aliphatic carbocycles. The van der Waals surface area contributed by atoms with Crippen molar-refractivity contribution in [1.82, 2.24) is 29.7 Å². The molecule has 0 bridgehead atoms. The minimum absolute atomic E-state index is 0.264. The van der Waals surface area contributed by atoms with Crippen LogP contribution >= 0.6 is 15.9 Å². The van der Waals surface area contributed by atoms with Gasteiger partial charge in [-0.05, 0) is 40.2 Å². The molecular weight excluding hydrogens is 540 g/mol. The van der Waals surface area contributed by atoms with E-state index in [1.54, 1.807) is 12.4 Å². The highest BCUT2D eigenvalue weighted by molar-refractivity contribution is 9.10. The van der Waals surface area contributed by atoms with Crippen LogP contribution in [0.5, 0.6) is 5.75 Å². The number of aromatic amines is 2. The highest BCUT2D eigenvalue weighted by atomic mass is 79.9. The van der Waals surface area contributed by atoms with Crippen LogP contribution in [0.3, 0.4) is 0 Å². The number of β-amino-alcohol motifs (C(OH)–C–C–N with tert-alkyl or cyclic N) is 1. The third-order valence-corrected chi connectivity index (χ3v) is 6.48. The highest BCUT2D eigenvalue weighted by Crippen LogP contribution is 2.17. The molecule has 0 saturated carbocycles. The van der Waals surface area contributed by atoms with E-state index < -0.39 is 0 Å². The molecule has 11 heteroatoms. The Morgan fingerprint density at radius 1 is 0.838 bits per heavy atom. The van der Waals surface area contributed by atoms with Gasteiger partial charge < -0.3 is 29.3 Å². The minimum Gasteiger partial charge on any atom is -0.491 e. The molecule has 6 rings (SSSR count). The quantitative estimate of drug-likeness (QED) is 0.322. The molecule has 4 aromatic heterocycles. The number of nitrogens with zero attached hydrogens (tertiary/aromatic N) is 4. The SMILES string of the molecule is Brc1cnc2[nH]ccc2c1.OCCN1CCOCC1.c1cc2cc(OCCN3CCOCC3)cnc2[nH]1. The predicted molar refractivity (Wildman–Crippen MR) is 147 cm³/mol. The molecule has 2 saturated heterocycles. The van der Waals surface area contributed by atoms with Crippen LogP contribution in [0, 0.1) is 0 Å². The standard InChI is InChI=1S/C13H17N3O2.C7H5BrN2.C6H13NO2/c1-2-14-13-11(1)9-12(10-15-13)18-8-5-16-3-6-17-7-4-16;8-6-3-5-1-2-9-7(5)10-4-6;8-4-1-7-2-5-9-6-3-7/h1-2,9-10H,3-8H2,(H,14,15);1-4H,(H,9,10);8H,1-6H2. The van der Waals surface area contributed by atoms with Gasteiger partial charge in [0.25, 0.3) is 0 Å². The summed E-state index contributed by atoms with van der Waals surface area (Å²) in [5.41, 5.74) is 1.83. The molecule has 2 aliphatic rings. The van der Waals surface area contributed by atoms with Crippen molar-refractivity contribution in [2.24, 2.45) is 0 Å². The molecule has 37 heavy (non-hydrogen) atoms. The molecule has 2 aliphatic heterocycles. The Morgan fingerprint density at radius 3 is 2.03 bits per heavy atom. The van der Waals surface area contributed by atoms with Gasteiger partial charge in [-0.15, -0.1) is 0 Å². The molecule has 2 fully saturated rings. The first-order valence-corrected chi connectivity index (χ1v) is 13.4. The predicted octanol–water partition coefficient (Wildman–Crippen LogP) is 2.91. The van der Waals surface area contributed by atoms with Crippen molar-refractivity contribution < 1.29 is 19.3 Å². The van der Waals surface area contributed by atoms with Crippen molar-refractivity contribution in [3.63, 3.8) is 0 Å². The molecule has 4 aromatic rings. The highest BCUT2D eigenvalue weighted by Gasteiger charge is 2.10. The van der Waals surface area contributed by atoms with Gasteiger partial charge in [0.1, 0.15) is 23.7 Å². The lowest BCUT2D eigenvalue weighted by molar-refractivity contribution is 0.0306. The largest absolute Gasteiger partial charge is 0.491 e. The Balaban J connectivity index is 0.000000143. The number of fused-ring (bicyclic) bond motifs is 2. The fraction of sp³-hybridized carbons (Fsp3) is 0.462. The molecule has 0 radical (unpaired) electrons. The average molecular weight is 576 g/mol. The number of morpholine rings is 2. The number of H-pyrrole nitrogens is 2. The summed E-state index contributed by atoms with van der Waals surface area (Å²) in [5, 5.41) is 10.8. The van der Waals surface area contributed by atoms with Crippen LogP contribution in [-0.4, -0.2) is 114 Å². The molecule has 10 nitrogen and oxygen atoms in total. The van der Waals surface area contributed by atoms with Gasteiger partial charge in [0.05, 0.1) is 39.2 Å². The van der Waals surface area contributed by atoms with E-state index in [1.165, 1.54) is 0 Å². The number of aliphatic hydroxyl groups excluding tert-OH is 1. The second kappa shape index (κ2) is 15.0. The summed E-state index contributed by atoms with van der Waals surface area (Å²) in [6.07, 6.45) is 7.30. The summed E-state index contributed by atoms with van der Waals surface area (Å²) in [5.74, 6) is 0.829. The van der Waals surface area contributed by atoms with Gasteiger partial charge in [0, 0.05) is 73.1 Å². The lowest BCUT2D eigenvalue weighted by Crippen LogP contribution is -2.38. The van der Waals surface area contributed by atoms with Gasteiger partial charge in [0.15, 0.2) is 0 Å². The lowest BCUT2D eigenvalue weighted by Gasteiger charge is -2.26. The Bertz CT molecular complexity index is 1190. The van der Waals surface area contributed by atoms with Crippen LogP contribution in [0.1, 0.15) is 0 Å². The van der Waals surface area contributed by atoms with Crippen molar-refractivity contribution in [2.75, 3.05) is 78.9 Å². The van der Waals surface area contributed by atoms with Gasteiger partial charge in [0.2, 0.25) is 0 Å². The van der Waals surface area contributed by atoms with Crippen LogP contribution in [-0.2, 0) is 9.47 Å². The van der Waals surface area contributed by atoms with Gasteiger partial charge in [-0.2, -0.15) is 0 Å². The Kier molecular flexibility index (Phi) is 11.2. The van der Waals surface area contributed by atoms with E-state index in [1.807, 2.05) is 36.7 Å². The van der Waals surface area contributed by atoms with E-state index in [0.29, 0.717) is 6.61 Å². The van der Waals surface area contributed by atoms with Crippen LogP contribution in [0.2, 0.25) is 0 Å². The molecule has 6 heterocycles. The summed E-state index contributed by atoms with van der Waals surface area (Å²) in [6, 6.07) is 8.03. The second-order valence-corrected chi connectivity index (χ2v) is 9.55. The minimum atomic E-state index is 0.264. The van der Waals surface area contributed by atoms with E-state index in [9.17, 15) is 0 Å². The smallest absolute Gasteiger partial charge is 0.138 e. The lowest BCUT2D eigenvalue weighted by atomic mass is 10.3. The van der Waals surface area contributed by atoms with Gasteiger partial charge in [-0.25, -0.2) is 9.97 Å². The molecular formula is C26H35BrN6O4. The first kappa shape index (κ1) is 27.5. The third-order valence-electron chi connectivity index (χ3n) is 6.04. The number of aliphatic hydroxyl groups is 1. The summed E-state index contributed by atoms with van der Waals surface area (Å²) >= 11 is 3.34. The van der Waals surface area contributed by atoms with E-state index in [2.05, 4.69) is 45.7 Å². The Morgan fingerprint density at radius 2 is 1.41 bits per heavy atom. The summed E-state index contributed by atoms with van der Waals surface area (Å²) < 4.78 is 17.2. The molecule has 3 N–H and O–H groups in total. The number of pyridine rings is 2. The van der Waals surface area contributed by atoms with Crippen molar-refractivity contribution >= 4 is 38.0 Å². The number of halogens is 1. The number of nitrogens with one attached hydrogen (secondary N) is 2. The molecule has 0 spiro atoms. The normalized spacial score (nSPS) is 16.6. The first-order valence-electron chi connectivity index (χ1n) is 12.6. The maximum atomic E-state index is 8.54. The van der Waals surface area contributed by atoms with Gasteiger partial charge >= 0.3 is 0 Å². The number of ether oxygens (including phenoxy) is 3. The topological polar surface area (TPSA) is 112 Å². The molecule has 0 unspecified atom stereocenters. The molecule has 0 aromatic carbocycles. The van der Waals surface area contributed by atoms with Crippen LogP contribution in [0.25, 0.3) is 22.1 Å². The van der Waals surface area contributed by atoms with Gasteiger partial charge in [-0.1, -0.05) is 0 Å². The monoisotopic (exact) mass is 574 g/mol. The Labute approximate surface area is 225 Å². The van der Waals surface area contributed by atoms with E-state index in [-0.39, 0.29) is 6.61 Å². The van der Waals surface area contributed by atoms with E-state index in [4.69, 9.17) is 19.3 Å². The number of rotatable bonds is 6. The number of aromatic nitrogens is 4. The van der Waals surface area contributed by atoms with Crippen LogP contribution in [0.4, 0.5) is 0 Å². The van der Waals surface area contributed by atoms with Gasteiger partial charge in [-0.3, -0.25) is 9.80 Å². The zero-order valence-electron chi connectivity index (χ0n) is 20.9. The molecule has 0 amide bonds. The molecule has 0 atom stereocenters.